The lowest BCUT2D eigenvalue weighted by Gasteiger charge is -2.12. The SMILES string of the molecule is c1ccc(-c2nc(-c3ccccc3)nc(-c3ccc(-c4nc5cc6sc7ccccc7c6cc5c5ccccc45)cc3)n2)cc1. The van der Waals surface area contributed by atoms with Gasteiger partial charge in [0.15, 0.2) is 17.5 Å². The zero-order chi connectivity index (χ0) is 29.7. The van der Waals surface area contributed by atoms with E-state index in [9.17, 15) is 0 Å². The Morgan fingerprint density at radius 1 is 0.333 bits per heavy atom. The van der Waals surface area contributed by atoms with Crippen LogP contribution >= 0.6 is 11.3 Å². The molecule has 0 aliphatic heterocycles. The van der Waals surface area contributed by atoms with Crippen LogP contribution in [0.4, 0.5) is 0 Å². The number of thiophene rings is 1. The quantitative estimate of drug-likeness (QED) is 0.191. The predicted octanol–water partition coefficient (Wildman–Crippen LogP) is 10.6. The monoisotopic (exact) mass is 592 g/mol. The van der Waals surface area contributed by atoms with Crippen LogP contribution in [0.5, 0.6) is 0 Å². The van der Waals surface area contributed by atoms with Crippen molar-refractivity contribution in [1.29, 1.82) is 0 Å². The summed E-state index contributed by atoms with van der Waals surface area (Å²) in [5.74, 6) is 1.94. The van der Waals surface area contributed by atoms with Crippen molar-refractivity contribution in [1.82, 2.24) is 19.9 Å². The highest BCUT2D eigenvalue weighted by molar-refractivity contribution is 7.25. The lowest BCUT2D eigenvalue weighted by molar-refractivity contribution is 1.07. The molecule has 0 aliphatic carbocycles. The van der Waals surface area contributed by atoms with E-state index in [2.05, 4.69) is 84.9 Å². The second-order valence-corrected chi connectivity index (χ2v) is 12.2. The molecule has 0 bridgehead atoms. The van der Waals surface area contributed by atoms with Crippen LogP contribution in [0.15, 0.2) is 146 Å². The normalized spacial score (nSPS) is 11.6. The molecule has 0 N–H and O–H groups in total. The third-order valence-electron chi connectivity index (χ3n) is 8.32. The van der Waals surface area contributed by atoms with E-state index >= 15 is 0 Å². The zero-order valence-corrected chi connectivity index (χ0v) is 24.9. The van der Waals surface area contributed by atoms with Gasteiger partial charge in [0.25, 0.3) is 0 Å². The summed E-state index contributed by atoms with van der Waals surface area (Å²) in [5.41, 5.74) is 5.85. The molecule has 0 fully saturated rings. The Kier molecular flexibility index (Phi) is 5.96. The van der Waals surface area contributed by atoms with Crippen LogP contribution in [0.25, 0.3) is 87.3 Å². The van der Waals surface area contributed by atoms with Crippen molar-refractivity contribution < 1.29 is 0 Å². The van der Waals surface area contributed by atoms with Gasteiger partial charge in [-0.3, -0.25) is 0 Å². The smallest absolute Gasteiger partial charge is 0.164 e. The molecule has 3 heterocycles. The van der Waals surface area contributed by atoms with Crippen molar-refractivity contribution in [2.45, 2.75) is 0 Å². The second-order valence-electron chi connectivity index (χ2n) is 11.1. The van der Waals surface area contributed by atoms with Gasteiger partial charge in [0.2, 0.25) is 0 Å². The minimum Gasteiger partial charge on any atom is -0.247 e. The number of nitrogens with zero attached hydrogens (tertiary/aromatic N) is 4. The van der Waals surface area contributed by atoms with E-state index in [0.29, 0.717) is 17.5 Å². The number of benzene rings is 6. The van der Waals surface area contributed by atoms with Gasteiger partial charge < -0.3 is 0 Å². The van der Waals surface area contributed by atoms with Gasteiger partial charge >= 0.3 is 0 Å². The Morgan fingerprint density at radius 3 is 1.49 bits per heavy atom. The zero-order valence-electron chi connectivity index (χ0n) is 24.1. The van der Waals surface area contributed by atoms with E-state index in [0.717, 1.165) is 38.9 Å². The molecule has 0 atom stereocenters. The maximum atomic E-state index is 5.27. The number of hydrogen-bond acceptors (Lipinski definition) is 5. The Labute approximate surface area is 263 Å². The first-order chi connectivity index (χ1) is 22.3. The molecule has 210 valence electrons. The number of pyridine rings is 1. The van der Waals surface area contributed by atoms with E-state index in [-0.39, 0.29) is 0 Å². The van der Waals surface area contributed by atoms with Crippen molar-refractivity contribution >= 4 is 53.2 Å². The molecule has 0 radical (unpaired) electrons. The maximum absolute atomic E-state index is 5.27. The number of rotatable bonds is 4. The van der Waals surface area contributed by atoms with E-state index in [4.69, 9.17) is 19.9 Å². The van der Waals surface area contributed by atoms with Crippen LogP contribution in [-0.2, 0) is 0 Å². The highest BCUT2D eigenvalue weighted by Gasteiger charge is 2.15. The molecule has 0 aliphatic rings. The van der Waals surface area contributed by atoms with Crippen LogP contribution in [-0.4, -0.2) is 19.9 Å². The fraction of sp³-hybridized carbons (Fsp3) is 0. The molecule has 0 spiro atoms. The summed E-state index contributed by atoms with van der Waals surface area (Å²) in [6.45, 7) is 0. The average Bonchev–Trinajstić information content (AvgIpc) is 3.48. The van der Waals surface area contributed by atoms with E-state index in [1.807, 2.05) is 72.0 Å². The number of fused-ring (bicyclic) bond motifs is 6. The molecule has 6 aromatic carbocycles. The van der Waals surface area contributed by atoms with E-state index in [1.165, 1.54) is 30.9 Å². The summed E-state index contributed by atoms with van der Waals surface area (Å²) >= 11 is 1.82. The summed E-state index contributed by atoms with van der Waals surface area (Å²) in [6.07, 6.45) is 0. The van der Waals surface area contributed by atoms with Crippen molar-refractivity contribution in [3.8, 4) is 45.4 Å². The Morgan fingerprint density at radius 2 is 0.844 bits per heavy atom. The molecular formula is C40H24N4S. The summed E-state index contributed by atoms with van der Waals surface area (Å²) < 4.78 is 2.55. The fourth-order valence-corrected chi connectivity index (χ4v) is 7.23. The molecule has 4 nitrogen and oxygen atoms in total. The lowest BCUT2D eigenvalue weighted by Crippen LogP contribution is -2.00. The third-order valence-corrected chi connectivity index (χ3v) is 9.45. The standard InChI is InChI=1S/C40H24N4S/c1-3-11-26(12-4-1)38-42-39(27-13-5-2-6-14-27)44-40(43-38)28-21-19-25(20-22-28)37-31-17-8-7-15-29(31)32-23-33-30-16-9-10-18-35(30)45-36(33)24-34(32)41-37/h1-24H. The van der Waals surface area contributed by atoms with E-state index < -0.39 is 0 Å². The van der Waals surface area contributed by atoms with Crippen molar-refractivity contribution in [3.63, 3.8) is 0 Å². The van der Waals surface area contributed by atoms with Gasteiger partial charge in [0, 0.05) is 53.2 Å². The molecule has 9 aromatic rings. The van der Waals surface area contributed by atoms with Gasteiger partial charge in [0.1, 0.15) is 0 Å². The van der Waals surface area contributed by atoms with Crippen LogP contribution < -0.4 is 0 Å². The van der Waals surface area contributed by atoms with Crippen LogP contribution in [0, 0.1) is 0 Å². The van der Waals surface area contributed by atoms with Crippen LogP contribution in [0.2, 0.25) is 0 Å². The predicted molar refractivity (Wildman–Crippen MR) is 187 cm³/mol. The molecule has 5 heteroatoms. The highest BCUT2D eigenvalue weighted by Crippen LogP contribution is 2.40. The summed E-state index contributed by atoms with van der Waals surface area (Å²) in [5, 5.41) is 6.10. The van der Waals surface area contributed by atoms with Gasteiger partial charge in [-0.15, -0.1) is 11.3 Å². The van der Waals surface area contributed by atoms with Crippen molar-refractivity contribution in [2.24, 2.45) is 0 Å². The molecule has 45 heavy (non-hydrogen) atoms. The van der Waals surface area contributed by atoms with Gasteiger partial charge in [-0.25, -0.2) is 19.9 Å². The third kappa shape index (κ3) is 4.44. The average molecular weight is 593 g/mol. The molecule has 9 rings (SSSR count). The van der Waals surface area contributed by atoms with Crippen LogP contribution in [0.3, 0.4) is 0 Å². The molecule has 3 aromatic heterocycles. The van der Waals surface area contributed by atoms with Crippen molar-refractivity contribution in [2.75, 3.05) is 0 Å². The minimum absolute atomic E-state index is 0.637. The lowest BCUT2D eigenvalue weighted by atomic mass is 9.98. The van der Waals surface area contributed by atoms with E-state index in [1.54, 1.807) is 0 Å². The highest BCUT2D eigenvalue weighted by atomic mass is 32.1. The Balaban J connectivity index is 1.18. The molecule has 0 saturated heterocycles. The number of hydrogen-bond donors (Lipinski definition) is 0. The molecule has 0 saturated carbocycles. The first-order valence-electron chi connectivity index (χ1n) is 14.9. The van der Waals surface area contributed by atoms with Gasteiger partial charge in [-0.05, 0) is 23.6 Å². The maximum Gasteiger partial charge on any atom is 0.164 e. The first-order valence-corrected chi connectivity index (χ1v) is 15.7. The van der Waals surface area contributed by atoms with Crippen LogP contribution in [0.1, 0.15) is 0 Å². The first kappa shape index (κ1) is 25.7. The summed E-state index contributed by atoms with van der Waals surface area (Å²) in [6, 6.07) is 50.3. The van der Waals surface area contributed by atoms with Gasteiger partial charge in [-0.2, -0.15) is 0 Å². The molecule has 0 unspecified atom stereocenters. The summed E-state index contributed by atoms with van der Waals surface area (Å²) in [4.78, 5) is 19.9. The molecule has 0 amide bonds. The molecular weight excluding hydrogens is 569 g/mol. The van der Waals surface area contributed by atoms with Gasteiger partial charge in [0.05, 0.1) is 11.2 Å². The Bertz CT molecular complexity index is 2460. The number of aromatic nitrogens is 4. The largest absolute Gasteiger partial charge is 0.247 e. The van der Waals surface area contributed by atoms with Gasteiger partial charge in [-0.1, -0.05) is 127 Å². The van der Waals surface area contributed by atoms with Crippen molar-refractivity contribution in [3.05, 3.63) is 146 Å². The fourth-order valence-electron chi connectivity index (χ4n) is 6.11. The Hall–Kier alpha value is -5.78. The minimum atomic E-state index is 0.637. The topological polar surface area (TPSA) is 51.6 Å². The second kappa shape index (κ2) is 10.4. The summed E-state index contributed by atoms with van der Waals surface area (Å²) in [7, 11) is 0.